The van der Waals surface area contributed by atoms with Crippen LogP contribution >= 0.6 is 0 Å². The summed E-state index contributed by atoms with van der Waals surface area (Å²) in [6.45, 7) is 3.50. The number of carbonyl (C=O) groups excluding carboxylic acids is 1. The minimum Gasteiger partial charge on any atom is -0.481 e. The summed E-state index contributed by atoms with van der Waals surface area (Å²) in [5.74, 6) is -1.01. The van der Waals surface area contributed by atoms with Crippen LogP contribution in [-0.4, -0.2) is 30.2 Å². The number of esters is 1. The number of ether oxygens (including phenoxy) is 1. The number of hydrogen-bond acceptors (Lipinski definition) is 4. The minimum atomic E-state index is -0.834. The molecule has 5 heteroatoms. The van der Waals surface area contributed by atoms with E-state index in [4.69, 9.17) is 9.84 Å². The summed E-state index contributed by atoms with van der Waals surface area (Å²) in [6, 6.07) is 7.46. The van der Waals surface area contributed by atoms with Crippen LogP contribution in [0, 0.1) is 0 Å². The van der Waals surface area contributed by atoms with Crippen LogP contribution < -0.4 is 5.32 Å². The maximum atomic E-state index is 11.1. The second-order valence-electron chi connectivity index (χ2n) is 4.42. The fourth-order valence-corrected chi connectivity index (χ4v) is 1.88. The molecule has 0 heterocycles. The Kier molecular flexibility index (Phi) is 7.35. The number of hydrogen-bond donors (Lipinski definition) is 2. The zero-order valence-corrected chi connectivity index (χ0v) is 11.7. The Morgan fingerprint density at radius 1 is 1.25 bits per heavy atom. The van der Waals surface area contributed by atoms with E-state index in [-0.39, 0.29) is 12.4 Å². The van der Waals surface area contributed by atoms with Crippen molar-refractivity contribution >= 4 is 11.9 Å². The fraction of sp³-hybridized carbons (Fsp3) is 0.467. The van der Waals surface area contributed by atoms with E-state index in [1.807, 2.05) is 24.3 Å². The van der Waals surface area contributed by atoms with Gasteiger partial charge in [-0.25, -0.2) is 0 Å². The van der Waals surface area contributed by atoms with Crippen LogP contribution in [0.4, 0.5) is 0 Å². The second kappa shape index (κ2) is 9.09. The molecule has 0 unspecified atom stereocenters. The quantitative estimate of drug-likeness (QED) is 0.532. The lowest BCUT2D eigenvalue weighted by Crippen LogP contribution is -2.18. The monoisotopic (exact) mass is 279 g/mol. The van der Waals surface area contributed by atoms with E-state index in [2.05, 4.69) is 5.32 Å². The fourth-order valence-electron chi connectivity index (χ4n) is 1.88. The zero-order valence-electron chi connectivity index (χ0n) is 11.7. The normalized spacial score (nSPS) is 10.2. The van der Waals surface area contributed by atoms with Gasteiger partial charge in [0.2, 0.25) is 0 Å². The van der Waals surface area contributed by atoms with E-state index in [1.165, 1.54) is 0 Å². The molecule has 0 atom stereocenters. The van der Waals surface area contributed by atoms with Gasteiger partial charge in [-0.1, -0.05) is 24.3 Å². The van der Waals surface area contributed by atoms with Crippen molar-refractivity contribution in [3.05, 3.63) is 35.4 Å². The Balaban J connectivity index is 2.31. The topological polar surface area (TPSA) is 75.6 Å². The Bertz CT molecular complexity index is 445. The summed E-state index contributed by atoms with van der Waals surface area (Å²) < 4.78 is 4.84. The molecule has 1 aromatic carbocycles. The summed E-state index contributed by atoms with van der Waals surface area (Å²) in [6.07, 6.45) is 1.14. The van der Waals surface area contributed by atoms with E-state index in [0.29, 0.717) is 32.5 Å². The lowest BCUT2D eigenvalue weighted by Gasteiger charge is -2.09. The Morgan fingerprint density at radius 3 is 2.60 bits per heavy atom. The van der Waals surface area contributed by atoms with Crippen LogP contribution in [-0.2, 0) is 27.3 Å². The van der Waals surface area contributed by atoms with Crippen LogP contribution in [0.25, 0.3) is 0 Å². The number of nitrogens with one attached hydrogen (secondary N) is 1. The molecule has 0 aliphatic heterocycles. The molecule has 5 nitrogen and oxygen atoms in total. The van der Waals surface area contributed by atoms with Gasteiger partial charge in [-0.3, -0.25) is 9.59 Å². The summed E-state index contributed by atoms with van der Waals surface area (Å²) in [7, 11) is 0. The number of carboxylic acid groups (broad SMARTS) is 1. The van der Waals surface area contributed by atoms with Crippen molar-refractivity contribution in [3.8, 4) is 0 Å². The van der Waals surface area contributed by atoms with Gasteiger partial charge >= 0.3 is 11.9 Å². The van der Waals surface area contributed by atoms with E-state index >= 15 is 0 Å². The van der Waals surface area contributed by atoms with Gasteiger partial charge in [-0.2, -0.15) is 0 Å². The molecule has 0 aliphatic carbocycles. The predicted octanol–water partition coefficient (Wildman–Crippen LogP) is 1.75. The molecule has 0 amide bonds. The highest BCUT2D eigenvalue weighted by molar-refractivity contribution is 5.70. The van der Waals surface area contributed by atoms with Crippen molar-refractivity contribution in [2.24, 2.45) is 0 Å². The van der Waals surface area contributed by atoms with Gasteiger partial charge in [0, 0.05) is 13.0 Å². The molecule has 0 saturated carbocycles. The van der Waals surface area contributed by atoms with Gasteiger partial charge in [-0.15, -0.1) is 0 Å². The molecule has 0 fully saturated rings. The number of carbonyl (C=O) groups is 2. The van der Waals surface area contributed by atoms with Crippen LogP contribution in [0.3, 0.4) is 0 Å². The van der Waals surface area contributed by atoms with Gasteiger partial charge in [0.25, 0.3) is 0 Å². The van der Waals surface area contributed by atoms with Crippen LogP contribution in [0.2, 0.25) is 0 Å². The maximum Gasteiger partial charge on any atom is 0.307 e. The molecule has 110 valence electrons. The van der Waals surface area contributed by atoms with Crippen LogP contribution in [0.15, 0.2) is 24.3 Å². The summed E-state index contributed by atoms with van der Waals surface area (Å²) in [4.78, 5) is 21.9. The predicted molar refractivity (Wildman–Crippen MR) is 75.4 cm³/mol. The van der Waals surface area contributed by atoms with Crippen molar-refractivity contribution in [1.29, 1.82) is 0 Å². The molecule has 2 N–H and O–H groups in total. The van der Waals surface area contributed by atoms with Crippen molar-refractivity contribution in [2.45, 2.75) is 32.7 Å². The molecule has 20 heavy (non-hydrogen) atoms. The lowest BCUT2D eigenvalue weighted by molar-refractivity contribution is -0.143. The van der Waals surface area contributed by atoms with Gasteiger partial charge in [0.15, 0.2) is 0 Å². The van der Waals surface area contributed by atoms with Crippen molar-refractivity contribution < 1.29 is 19.4 Å². The summed E-state index contributed by atoms with van der Waals surface area (Å²) in [5.41, 5.74) is 1.80. The van der Waals surface area contributed by atoms with Crippen LogP contribution in [0.5, 0.6) is 0 Å². The minimum absolute atomic E-state index is 0.0285. The molecule has 0 bridgehead atoms. The van der Waals surface area contributed by atoms with E-state index in [1.54, 1.807) is 6.92 Å². The average Bonchev–Trinajstić information content (AvgIpc) is 2.40. The van der Waals surface area contributed by atoms with Gasteiger partial charge in [0.1, 0.15) is 0 Å². The third-order valence-corrected chi connectivity index (χ3v) is 2.82. The molecule has 0 radical (unpaired) electrons. The van der Waals surface area contributed by atoms with Crippen LogP contribution in [0.1, 0.15) is 30.9 Å². The SMILES string of the molecule is CCOC(=O)CCCNCc1ccccc1CC(=O)O. The Morgan fingerprint density at radius 2 is 1.95 bits per heavy atom. The first-order valence-corrected chi connectivity index (χ1v) is 6.78. The first-order valence-electron chi connectivity index (χ1n) is 6.78. The van der Waals surface area contributed by atoms with Gasteiger partial charge < -0.3 is 15.2 Å². The maximum absolute atomic E-state index is 11.1. The zero-order chi connectivity index (χ0) is 14.8. The molecule has 1 rings (SSSR count). The number of aliphatic carboxylic acids is 1. The van der Waals surface area contributed by atoms with E-state index in [9.17, 15) is 9.59 Å². The number of benzene rings is 1. The lowest BCUT2D eigenvalue weighted by atomic mass is 10.0. The highest BCUT2D eigenvalue weighted by Crippen LogP contribution is 2.09. The van der Waals surface area contributed by atoms with Gasteiger partial charge in [0.05, 0.1) is 13.0 Å². The van der Waals surface area contributed by atoms with Crippen molar-refractivity contribution in [1.82, 2.24) is 5.32 Å². The van der Waals surface area contributed by atoms with E-state index < -0.39 is 5.97 Å². The third-order valence-electron chi connectivity index (χ3n) is 2.82. The molecule has 0 aromatic heterocycles. The summed E-state index contributed by atoms with van der Waals surface area (Å²) in [5, 5.41) is 12.1. The molecule has 1 aromatic rings. The first kappa shape index (κ1) is 16.2. The second-order valence-corrected chi connectivity index (χ2v) is 4.42. The standard InChI is InChI=1S/C15H21NO4/c1-2-20-15(19)8-5-9-16-11-13-7-4-3-6-12(13)10-14(17)18/h3-4,6-7,16H,2,5,8-11H2,1H3,(H,17,18). The number of carboxylic acids is 1. The van der Waals surface area contributed by atoms with Gasteiger partial charge in [-0.05, 0) is 31.0 Å². The molecule has 0 spiro atoms. The van der Waals surface area contributed by atoms with Crippen molar-refractivity contribution in [2.75, 3.05) is 13.2 Å². The summed E-state index contributed by atoms with van der Waals surface area (Å²) >= 11 is 0. The Labute approximate surface area is 118 Å². The molecular weight excluding hydrogens is 258 g/mol. The highest BCUT2D eigenvalue weighted by atomic mass is 16.5. The molecule has 0 aliphatic rings. The molecular formula is C15H21NO4. The smallest absolute Gasteiger partial charge is 0.307 e. The third kappa shape index (κ3) is 6.33. The largest absolute Gasteiger partial charge is 0.481 e. The average molecular weight is 279 g/mol. The van der Waals surface area contributed by atoms with E-state index in [0.717, 1.165) is 11.1 Å². The molecule has 0 saturated heterocycles. The van der Waals surface area contributed by atoms with Crippen molar-refractivity contribution in [3.63, 3.8) is 0 Å². The first-order chi connectivity index (χ1) is 9.63. The highest BCUT2D eigenvalue weighted by Gasteiger charge is 2.06. The number of rotatable bonds is 9. The Hall–Kier alpha value is -1.88.